The summed E-state index contributed by atoms with van der Waals surface area (Å²) in [6, 6.07) is 8.05. The van der Waals surface area contributed by atoms with Gasteiger partial charge >= 0.3 is 6.01 Å². The molecule has 0 unspecified atom stereocenters. The van der Waals surface area contributed by atoms with Gasteiger partial charge in [0.1, 0.15) is 5.75 Å². The van der Waals surface area contributed by atoms with E-state index in [1.807, 2.05) is 32.3 Å². The number of hydrogen-bond acceptors (Lipinski definition) is 5. The summed E-state index contributed by atoms with van der Waals surface area (Å²) < 4.78 is 5.71. The number of nitrogens with zero attached hydrogens (tertiary/aromatic N) is 4. The summed E-state index contributed by atoms with van der Waals surface area (Å²) in [5, 5.41) is 0.107. The summed E-state index contributed by atoms with van der Waals surface area (Å²) >= 11 is 5.90. The van der Waals surface area contributed by atoms with Crippen LogP contribution in [0.2, 0.25) is 5.28 Å². The van der Waals surface area contributed by atoms with Gasteiger partial charge in [-0.25, -0.2) is 0 Å². The van der Waals surface area contributed by atoms with Crippen LogP contribution in [0.15, 0.2) is 24.3 Å². The molecule has 1 aromatic carbocycles. The fraction of sp³-hybridized carbons (Fsp3) is 0.400. The Morgan fingerprint density at radius 3 is 2.43 bits per heavy atom. The molecule has 0 bridgehead atoms. The second-order valence-electron chi connectivity index (χ2n) is 5.96. The molecule has 0 fully saturated rings. The van der Waals surface area contributed by atoms with Crippen LogP contribution in [0.4, 0.5) is 5.95 Å². The van der Waals surface area contributed by atoms with Crippen LogP contribution in [0.25, 0.3) is 0 Å². The zero-order valence-corrected chi connectivity index (χ0v) is 13.6. The lowest BCUT2D eigenvalue weighted by Crippen LogP contribution is -2.14. The number of rotatable bonds is 3. The Hall–Kier alpha value is -1.88. The lowest BCUT2D eigenvalue weighted by Gasteiger charge is -2.19. The van der Waals surface area contributed by atoms with Crippen molar-refractivity contribution in [1.29, 1.82) is 0 Å². The maximum absolute atomic E-state index is 5.90. The second kappa shape index (κ2) is 5.85. The van der Waals surface area contributed by atoms with Crippen LogP contribution < -0.4 is 9.64 Å². The molecule has 0 aliphatic carbocycles. The highest BCUT2D eigenvalue weighted by atomic mass is 35.5. The second-order valence-corrected chi connectivity index (χ2v) is 6.30. The van der Waals surface area contributed by atoms with Crippen LogP contribution in [0, 0.1) is 0 Å². The standard InChI is InChI=1S/C15H19ClN4O/c1-15(2,3)10-7-6-8-11(9-10)21-14-18-12(16)17-13(19-14)20(4)5/h6-9H,1-5H3. The number of benzene rings is 1. The van der Waals surface area contributed by atoms with Crippen molar-refractivity contribution < 1.29 is 4.74 Å². The van der Waals surface area contributed by atoms with Gasteiger partial charge in [-0.3, -0.25) is 0 Å². The quantitative estimate of drug-likeness (QED) is 0.865. The fourth-order valence-electron chi connectivity index (χ4n) is 1.70. The van der Waals surface area contributed by atoms with Crippen molar-refractivity contribution in [2.45, 2.75) is 26.2 Å². The number of ether oxygens (including phenoxy) is 1. The first-order valence-corrected chi connectivity index (χ1v) is 7.01. The average Bonchev–Trinajstić information content (AvgIpc) is 2.37. The van der Waals surface area contributed by atoms with Gasteiger partial charge in [-0.05, 0) is 34.7 Å². The average molecular weight is 307 g/mol. The van der Waals surface area contributed by atoms with E-state index in [9.17, 15) is 0 Å². The first kappa shape index (κ1) is 15.5. The molecule has 0 atom stereocenters. The summed E-state index contributed by atoms with van der Waals surface area (Å²) in [5.41, 5.74) is 1.22. The Bertz CT molecular complexity index is 638. The number of hydrogen-bond donors (Lipinski definition) is 0. The van der Waals surface area contributed by atoms with E-state index in [0.29, 0.717) is 11.7 Å². The van der Waals surface area contributed by atoms with Crippen LogP contribution in [0.3, 0.4) is 0 Å². The molecule has 112 valence electrons. The highest BCUT2D eigenvalue weighted by molar-refractivity contribution is 6.28. The maximum Gasteiger partial charge on any atom is 0.328 e. The molecule has 2 aromatic rings. The summed E-state index contributed by atoms with van der Waals surface area (Å²) in [6.45, 7) is 6.45. The topological polar surface area (TPSA) is 51.1 Å². The predicted molar refractivity (Wildman–Crippen MR) is 84.4 cm³/mol. The van der Waals surface area contributed by atoms with E-state index in [4.69, 9.17) is 16.3 Å². The van der Waals surface area contributed by atoms with Gasteiger partial charge in [0.25, 0.3) is 0 Å². The molecule has 0 N–H and O–H groups in total. The highest BCUT2D eigenvalue weighted by Gasteiger charge is 2.15. The first-order chi connectivity index (χ1) is 9.75. The Balaban J connectivity index is 2.30. The van der Waals surface area contributed by atoms with Gasteiger partial charge in [-0.15, -0.1) is 0 Å². The van der Waals surface area contributed by atoms with Gasteiger partial charge in [0.2, 0.25) is 11.2 Å². The van der Waals surface area contributed by atoms with E-state index in [1.54, 1.807) is 4.90 Å². The smallest absolute Gasteiger partial charge is 0.328 e. The Kier molecular flexibility index (Phi) is 4.32. The lowest BCUT2D eigenvalue weighted by molar-refractivity contribution is 0.437. The molecule has 0 radical (unpaired) electrons. The largest absolute Gasteiger partial charge is 0.424 e. The van der Waals surface area contributed by atoms with E-state index < -0.39 is 0 Å². The van der Waals surface area contributed by atoms with Crippen molar-refractivity contribution in [2.75, 3.05) is 19.0 Å². The van der Waals surface area contributed by atoms with E-state index >= 15 is 0 Å². The zero-order valence-electron chi connectivity index (χ0n) is 12.9. The molecule has 6 heteroatoms. The molecule has 5 nitrogen and oxygen atoms in total. The first-order valence-electron chi connectivity index (χ1n) is 6.63. The fourth-order valence-corrected chi connectivity index (χ4v) is 1.85. The molecule has 0 saturated carbocycles. The number of anilines is 1. The Labute approximate surface area is 130 Å². The molecule has 0 aliphatic rings. The van der Waals surface area contributed by atoms with Crippen LogP contribution in [-0.4, -0.2) is 29.0 Å². The summed E-state index contributed by atoms with van der Waals surface area (Å²) in [7, 11) is 3.66. The molecule has 0 amide bonds. The summed E-state index contributed by atoms with van der Waals surface area (Å²) in [5.74, 6) is 1.13. The van der Waals surface area contributed by atoms with Crippen LogP contribution >= 0.6 is 11.6 Å². The summed E-state index contributed by atoms with van der Waals surface area (Å²) in [6.07, 6.45) is 0. The normalized spacial score (nSPS) is 11.3. The number of aromatic nitrogens is 3. The Morgan fingerprint density at radius 2 is 1.81 bits per heavy atom. The monoisotopic (exact) mass is 306 g/mol. The highest BCUT2D eigenvalue weighted by Crippen LogP contribution is 2.27. The summed E-state index contributed by atoms with van der Waals surface area (Å²) in [4.78, 5) is 14.0. The van der Waals surface area contributed by atoms with E-state index in [-0.39, 0.29) is 16.7 Å². The zero-order chi connectivity index (χ0) is 15.6. The minimum atomic E-state index is 0.0465. The van der Waals surface area contributed by atoms with Gasteiger partial charge in [0.05, 0.1) is 0 Å². The minimum Gasteiger partial charge on any atom is -0.424 e. The molecule has 1 aromatic heterocycles. The predicted octanol–water partition coefficient (Wildman–Crippen LogP) is 3.68. The molecule has 0 aliphatic heterocycles. The third kappa shape index (κ3) is 4.04. The molecule has 0 saturated heterocycles. The SMILES string of the molecule is CN(C)c1nc(Cl)nc(Oc2cccc(C(C)(C)C)c2)n1. The molecule has 0 spiro atoms. The van der Waals surface area contributed by atoms with Crippen molar-refractivity contribution >= 4 is 17.5 Å². The number of halogens is 1. The van der Waals surface area contributed by atoms with Gasteiger partial charge in [0, 0.05) is 14.1 Å². The van der Waals surface area contributed by atoms with Crippen LogP contribution in [0.1, 0.15) is 26.3 Å². The van der Waals surface area contributed by atoms with Crippen molar-refractivity contribution in [3.8, 4) is 11.8 Å². The lowest BCUT2D eigenvalue weighted by atomic mass is 9.87. The minimum absolute atomic E-state index is 0.0465. The van der Waals surface area contributed by atoms with Crippen molar-refractivity contribution in [3.63, 3.8) is 0 Å². The van der Waals surface area contributed by atoms with Crippen LogP contribution in [0.5, 0.6) is 11.8 Å². The van der Waals surface area contributed by atoms with E-state index in [2.05, 4.69) is 41.8 Å². The van der Waals surface area contributed by atoms with Crippen molar-refractivity contribution in [1.82, 2.24) is 15.0 Å². The molecular weight excluding hydrogens is 288 g/mol. The van der Waals surface area contributed by atoms with Gasteiger partial charge in [0.15, 0.2) is 0 Å². The van der Waals surface area contributed by atoms with Gasteiger partial charge in [-0.1, -0.05) is 32.9 Å². The molecular formula is C15H19ClN4O. The Morgan fingerprint density at radius 1 is 1.10 bits per heavy atom. The third-order valence-corrected chi connectivity index (χ3v) is 3.05. The molecule has 21 heavy (non-hydrogen) atoms. The van der Waals surface area contributed by atoms with E-state index in [0.717, 1.165) is 0 Å². The third-order valence-electron chi connectivity index (χ3n) is 2.89. The molecule has 1 heterocycles. The van der Waals surface area contributed by atoms with Gasteiger partial charge in [-0.2, -0.15) is 15.0 Å². The molecule has 2 rings (SSSR count). The van der Waals surface area contributed by atoms with E-state index in [1.165, 1.54) is 5.56 Å². The van der Waals surface area contributed by atoms with Crippen molar-refractivity contribution in [2.24, 2.45) is 0 Å². The van der Waals surface area contributed by atoms with Crippen LogP contribution in [-0.2, 0) is 5.41 Å². The maximum atomic E-state index is 5.90. The van der Waals surface area contributed by atoms with Crippen molar-refractivity contribution in [3.05, 3.63) is 35.1 Å². The van der Waals surface area contributed by atoms with Gasteiger partial charge < -0.3 is 9.64 Å².